The molecule has 0 fully saturated rings. The van der Waals surface area contributed by atoms with Crippen molar-refractivity contribution in [2.45, 2.75) is 13.0 Å². The average molecular weight is 280 g/mol. The standard InChI is InChI=1S/C12H14ClN5O/c13-11-3-2-9(14)8-10(11)12(19)15-4-1-6-18-7-5-16-17-18/h2-3,5,7-8H,1,4,6,14H2,(H,15,19). The molecule has 1 heterocycles. The van der Waals surface area contributed by atoms with Gasteiger partial charge in [0, 0.05) is 25.0 Å². The highest BCUT2D eigenvalue weighted by atomic mass is 35.5. The number of nitrogens with zero attached hydrogens (tertiary/aromatic N) is 3. The van der Waals surface area contributed by atoms with Gasteiger partial charge in [-0.05, 0) is 24.6 Å². The maximum absolute atomic E-state index is 11.9. The molecule has 0 saturated heterocycles. The van der Waals surface area contributed by atoms with E-state index < -0.39 is 0 Å². The maximum Gasteiger partial charge on any atom is 0.252 e. The fraction of sp³-hybridized carbons (Fsp3) is 0.250. The Morgan fingerprint density at radius 1 is 1.47 bits per heavy atom. The van der Waals surface area contributed by atoms with Crippen molar-refractivity contribution in [3.63, 3.8) is 0 Å². The summed E-state index contributed by atoms with van der Waals surface area (Å²) >= 11 is 5.95. The minimum Gasteiger partial charge on any atom is -0.399 e. The Balaban J connectivity index is 1.82. The van der Waals surface area contributed by atoms with Crippen LogP contribution in [-0.2, 0) is 6.54 Å². The van der Waals surface area contributed by atoms with E-state index in [0.717, 1.165) is 6.42 Å². The number of aryl methyl sites for hydroxylation is 1. The first kappa shape index (κ1) is 13.4. The zero-order valence-corrected chi connectivity index (χ0v) is 11.0. The SMILES string of the molecule is Nc1ccc(Cl)c(C(=O)NCCCn2ccnn2)c1. The summed E-state index contributed by atoms with van der Waals surface area (Å²) in [6.07, 6.45) is 4.15. The van der Waals surface area contributed by atoms with E-state index in [1.165, 1.54) is 0 Å². The third kappa shape index (κ3) is 3.69. The lowest BCUT2D eigenvalue weighted by molar-refractivity contribution is 0.0953. The molecule has 0 radical (unpaired) electrons. The summed E-state index contributed by atoms with van der Waals surface area (Å²) in [4.78, 5) is 11.9. The first-order valence-electron chi connectivity index (χ1n) is 5.84. The number of carbonyl (C=O) groups excluding carboxylic acids is 1. The lowest BCUT2D eigenvalue weighted by Crippen LogP contribution is -2.25. The van der Waals surface area contributed by atoms with Gasteiger partial charge >= 0.3 is 0 Å². The van der Waals surface area contributed by atoms with Crippen molar-refractivity contribution >= 4 is 23.2 Å². The molecule has 0 saturated carbocycles. The predicted octanol–water partition coefficient (Wildman–Crippen LogP) is 1.33. The molecule has 0 unspecified atom stereocenters. The number of nitrogen functional groups attached to an aromatic ring is 1. The van der Waals surface area contributed by atoms with Gasteiger partial charge in [-0.25, -0.2) is 0 Å². The van der Waals surface area contributed by atoms with Crippen LogP contribution in [0.25, 0.3) is 0 Å². The molecular weight excluding hydrogens is 266 g/mol. The third-order valence-corrected chi connectivity index (χ3v) is 2.89. The van der Waals surface area contributed by atoms with Gasteiger partial charge in [-0.3, -0.25) is 9.48 Å². The monoisotopic (exact) mass is 279 g/mol. The first-order chi connectivity index (χ1) is 9.16. The molecule has 0 spiro atoms. The molecule has 2 rings (SSSR count). The Morgan fingerprint density at radius 3 is 3.05 bits per heavy atom. The summed E-state index contributed by atoms with van der Waals surface area (Å²) in [7, 11) is 0. The molecule has 0 bridgehead atoms. The Labute approximate surface area is 115 Å². The van der Waals surface area contributed by atoms with Crippen LogP contribution in [0.1, 0.15) is 16.8 Å². The van der Waals surface area contributed by atoms with E-state index in [-0.39, 0.29) is 5.91 Å². The number of amides is 1. The molecule has 1 aromatic heterocycles. The van der Waals surface area contributed by atoms with Gasteiger partial charge in [-0.2, -0.15) is 0 Å². The topological polar surface area (TPSA) is 85.8 Å². The van der Waals surface area contributed by atoms with Crippen LogP contribution in [0.2, 0.25) is 5.02 Å². The Kier molecular flexibility index (Phi) is 4.35. The number of benzene rings is 1. The van der Waals surface area contributed by atoms with Crippen molar-refractivity contribution in [2.75, 3.05) is 12.3 Å². The third-order valence-electron chi connectivity index (χ3n) is 2.56. The van der Waals surface area contributed by atoms with Gasteiger partial charge in [0.05, 0.1) is 16.8 Å². The molecular formula is C12H14ClN5O. The van der Waals surface area contributed by atoms with Crippen LogP contribution < -0.4 is 11.1 Å². The molecule has 3 N–H and O–H groups in total. The normalized spacial score (nSPS) is 10.4. The summed E-state index contributed by atoms with van der Waals surface area (Å²) in [5.41, 5.74) is 6.53. The van der Waals surface area contributed by atoms with E-state index in [2.05, 4.69) is 15.6 Å². The lowest BCUT2D eigenvalue weighted by atomic mass is 10.2. The number of hydrogen-bond acceptors (Lipinski definition) is 4. The Hall–Kier alpha value is -2.08. The molecule has 2 aromatic rings. The van der Waals surface area contributed by atoms with Crippen molar-refractivity contribution in [2.24, 2.45) is 0 Å². The number of halogens is 1. The van der Waals surface area contributed by atoms with Crippen LogP contribution in [-0.4, -0.2) is 27.4 Å². The molecule has 1 aromatic carbocycles. The first-order valence-corrected chi connectivity index (χ1v) is 6.22. The number of rotatable bonds is 5. The largest absolute Gasteiger partial charge is 0.399 e. The van der Waals surface area contributed by atoms with Gasteiger partial charge < -0.3 is 11.1 Å². The molecule has 100 valence electrons. The van der Waals surface area contributed by atoms with Gasteiger partial charge in [0.1, 0.15) is 0 Å². The lowest BCUT2D eigenvalue weighted by Gasteiger charge is -2.07. The van der Waals surface area contributed by atoms with Gasteiger partial charge in [-0.15, -0.1) is 5.10 Å². The van der Waals surface area contributed by atoms with Crippen LogP contribution in [0.4, 0.5) is 5.69 Å². The van der Waals surface area contributed by atoms with E-state index in [1.54, 1.807) is 35.3 Å². The molecule has 0 aliphatic rings. The van der Waals surface area contributed by atoms with E-state index in [4.69, 9.17) is 17.3 Å². The average Bonchev–Trinajstić information content (AvgIpc) is 2.90. The van der Waals surface area contributed by atoms with Gasteiger partial charge in [0.25, 0.3) is 5.91 Å². The highest BCUT2D eigenvalue weighted by Gasteiger charge is 2.09. The maximum atomic E-state index is 11.9. The van der Waals surface area contributed by atoms with Crippen molar-refractivity contribution in [3.8, 4) is 0 Å². The minimum absolute atomic E-state index is 0.226. The predicted molar refractivity (Wildman–Crippen MR) is 72.8 cm³/mol. The summed E-state index contributed by atoms with van der Waals surface area (Å²) in [5.74, 6) is -0.226. The Morgan fingerprint density at radius 2 is 2.32 bits per heavy atom. The van der Waals surface area contributed by atoms with Gasteiger partial charge in [0.15, 0.2) is 0 Å². The number of anilines is 1. The molecule has 7 heteroatoms. The molecule has 0 aliphatic heterocycles. The quantitative estimate of drug-likeness (QED) is 0.639. The van der Waals surface area contributed by atoms with Crippen LogP contribution in [0, 0.1) is 0 Å². The fourth-order valence-electron chi connectivity index (χ4n) is 1.61. The smallest absolute Gasteiger partial charge is 0.252 e. The van der Waals surface area contributed by atoms with Crippen molar-refractivity contribution in [1.29, 1.82) is 0 Å². The van der Waals surface area contributed by atoms with Gasteiger partial charge in [0.2, 0.25) is 0 Å². The number of carbonyl (C=O) groups is 1. The van der Waals surface area contributed by atoms with Crippen LogP contribution in [0.3, 0.4) is 0 Å². The summed E-state index contributed by atoms with van der Waals surface area (Å²) in [5, 5.41) is 10.7. The number of nitrogens with two attached hydrogens (primary N) is 1. The highest BCUT2D eigenvalue weighted by Crippen LogP contribution is 2.18. The second-order valence-corrected chi connectivity index (χ2v) is 4.42. The van der Waals surface area contributed by atoms with E-state index in [0.29, 0.717) is 29.4 Å². The number of hydrogen-bond donors (Lipinski definition) is 2. The van der Waals surface area contributed by atoms with Gasteiger partial charge in [-0.1, -0.05) is 16.8 Å². The molecule has 0 atom stereocenters. The second kappa shape index (κ2) is 6.19. The number of aromatic nitrogens is 3. The summed E-state index contributed by atoms with van der Waals surface area (Å²) < 4.78 is 1.71. The molecule has 1 amide bonds. The molecule has 6 nitrogen and oxygen atoms in total. The summed E-state index contributed by atoms with van der Waals surface area (Å²) in [6.45, 7) is 1.23. The minimum atomic E-state index is -0.226. The zero-order chi connectivity index (χ0) is 13.7. The van der Waals surface area contributed by atoms with Crippen molar-refractivity contribution in [3.05, 3.63) is 41.2 Å². The second-order valence-electron chi connectivity index (χ2n) is 4.01. The zero-order valence-electron chi connectivity index (χ0n) is 10.2. The van der Waals surface area contributed by atoms with Crippen molar-refractivity contribution < 1.29 is 4.79 Å². The highest BCUT2D eigenvalue weighted by molar-refractivity contribution is 6.34. The van der Waals surface area contributed by atoms with E-state index in [9.17, 15) is 4.79 Å². The van der Waals surface area contributed by atoms with Crippen molar-refractivity contribution in [1.82, 2.24) is 20.3 Å². The number of nitrogens with one attached hydrogen (secondary N) is 1. The Bertz CT molecular complexity index is 555. The molecule has 19 heavy (non-hydrogen) atoms. The van der Waals surface area contributed by atoms with E-state index in [1.807, 2.05) is 0 Å². The fourth-order valence-corrected chi connectivity index (χ4v) is 1.81. The molecule has 0 aliphatic carbocycles. The summed E-state index contributed by atoms with van der Waals surface area (Å²) in [6, 6.07) is 4.83. The van der Waals surface area contributed by atoms with E-state index >= 15 is 0 Å². The van der Waals surface area contributed by atoms with Crippen LogP contribution in [0.5, 0.6) is 0 Å². The van der Waals surface area contributed by atoms with Crippen LogP contribution in [0.15, 0.2) is 30.6 Å². The van der Waals surface area contributed by atoms with Crippen LogP contribution >= 0.6 is 11.6 Å².